The Morgan fingerprint density at radius 3 is 2.91 bits per heavy atom. The third-order valence-corrected chi connectivity index (χ3v) is 4.19. The van der Waals surface area contributed by atoms with Gasteiger partial charge in [-0.2, -0.15) is 5.10 Å². The van der Waals surface area contributed by atoms with Crippen LogP contribution in [0.15, 0.2) is 36.7 Å². The number of rotatable bonds is 4. The summed E-state index contributed by atoms with van der Waals surface area (Å²) in [6.07, 6.45) is 3.96. The number of fused-ring (bicyclic) bond motifs is 1. The van der Waals surface area contributed by atoms with Crippen LogP contribution in [0.5, 0.6) is 11.5 Å². The summed E-state index contributed by atoms with van der Waals surface area (Å²) >= 11 is 0. The predicted molar refractivity (Wildman–Crippen MR) is 84.7 cm³/mol. The normalized spacial score (nSPS) is 21.3. The number of aromatic nitrogens is 2. The van der Waals surface area contributed by atoms with Crippen LogP contribution in [0.2, 0.25) is 0 Å². The summed E-state index contributed by atoms with van der Waals surface area (Å²) in [5, 5.41) is 4.26. The van der Waals surface area contributed by atoms with Crippen LogP contribution in [-0.2, 0) is 17.8 Å². The van der Waals surface area contributed by atoms with Gasteiger partial charge in [0.15, 0.2) is 11.5 Å². The second-order valence-corrected chi connectivity index (χ2v) is 5.93. The maximum absolute atomic E-state index is 5.86. The van der Waals surface area contributed by atoms with E-state index in [0.29, 0.717) is 13.2 Å². The largest absolute Gasteiger partial charge is 0.486 e. The number of nitrogens with zero attached hydrogens (tertiary/aromatic N) is 3. The fourth-order valence-corrected chi connectivity index (χ4v) is 3.10. The molecule has 0 saturated carbocycles. The molecule has 122 valence electrons. The van der Waals surface area contributed by atoms with E-state index >= 15 is 0 Å². The molecule has 1 aromatic carbocycles. The topological polar surface area (TPSA) is 48.8 Å². The van der Waals surface area contributed by atoms with Crippen molar-refractivity contribution in [2.75, 3.05) is 32.9 Å². The molecule has 3 heterocycles. The standard InChI is InChI=1S/C17H21N3O3/c1-4-18-20(5-1)13-15-12-19(6-7-21-15)11-14-2-3-16-17(10-14)23-9-8-22-16/h1-5,10,15H,6-9,11-13H2. The van der Waals surface area contributed by atoms with Crippen molar-refractivity contribution in [2.45, 2.75) is 19.2 Å². The molecule has 6 nitrogen and oxygen atoms in total. The smallest absolute Gasteiger partial charge is 0.161 e. The van der Waals surface area contributed by atoms with Crippen LogP contribution in [0.1, 0.15) is 5.56 Å². The molecule has 2 aliphatic heterocycles. The van der Waals surface area contributed by atoms with Crippen LogP contribution in [0.3, 0.4) is 0 Å². The SMILES string of the molecule is c1cnn(CC2CN(Cc3ccc4c(c3)OCCO4)CCO2)c1. The number of morpholine rings is 1. The summed E-state index contributed by atoms with van der Waals surface area (Å²) in [4.78, 5) is 2.42. The van der Waals surface area contributed by atoms with Gasteiger partial charge in [-0.3, -0.25) is 9.58 Å². The van der Waals surface area contributed by atoms with Gasteiger partial charge in [0, 0.05) is 32.0 Å². The highest BCUT2D eigenvalue weighted by atomic mass is 16.6. The Morgan fingerprint density at radius 2 is 2.04 bits per heavy atom. The van der Waals surface area contributed by atoms with Crippen molar-refractivity contribution in [1.29, 1.82) is 0 Å². The zero-order chi connectivity index (χ0) is 15.5. The molecule has 0 N–H and O–H groups in total. The zero-order valence-electron chi connectivity index (χ0n) is 13.1. The highest BCUT2D eigenvalue weighted by Gasteiger charge is 2.21. The van der Waals surface area contributed by atoms with E-state index in [1.165, 1.54) is 5.56 Å². The van der Waals surface area contributed by atoms with E-state index in [4.69, 9.17) is 14.2 Å². The minimum atomic E-state index is 0.181. The average Bonchev–Trinajstić information content (AvgIpc) is 3.08. The molecule has 2 aliphatic rings. The maximum atomic E-state index is 5.86. The molecule has 0 aliphatic carbocycles. The van der Waals surface area contributed by atoms with Gasteiger partial charge in [0.1, 0.15) is 13.2 Å². The first-order chi connectivity index (χ1) is 11.4. The summed E-state index contributed by atoms with van der Waals surface area (Å²) in [5.41, 5.74) is 1.24. The minimum Gasteiger partial charge on any atom is -0.486 e. The van der Waals surface area contributed by atoms with Crippen LogP contribution in [0.4, 0.5) is 0 Å². The van der Waals surface area contributed by atoms with Gasteiger partial charge in [0.25, 0.3) is 0 Å². The highest BCUT2D eigenvalue weighted by Crippen LogP contribution is 2.31. The second-order valence-electron chi connectivity index (χ2n) is 5.93. The molecule has 4 rings (SSSR count). The van der Waals surface area contributed by atoms with Crippen molar-refractivity contribution in [2.24, 2.45) is 0 Å². The van der Waals surface area contributed by atoms with Crippen LogP contribution >= 0.6 is 0 Å². The number of ether oxygens (including phenoxy) is 3. The van der Waals surface area contributed by atoms with E-state index in [1.807, 2.05) is 23.0 Å². The molecule has 1 aromatic heterocycles. The van der Waals surface area contributed by atoms with E-state index in [9.17, 15) is 0 Å². The zero-order valence-corrected chi connectivity index (χ0v) is 13.1. The fraction of sp³-hybridized carbons (Fsp3) is 0.471. The van der Waals surface area contributed by atoms with Crippen LogP contribution in [0, 0.1) is 0 Å². The Morgan fingerprint density at radius 1 is 1.13 bits per heavy atom. The molecular weight excluding hydrogens is 294 g/mol. The van der Waals surface area contributed by atoms with Crippen molar-refractivity contribution in [3.63, 3.8) is 0 Å². The Kier molecular flexibility index (Phi) is 4.17. The van der Waals surface area contributed by atoms with Crippen molar-refractivity contribution < 1.29 is 14.2 Å². The molecule has 0 amide bonds. The predicted octanol–water partition coefficient (Wildman–Crippen LogP) is 1.56. The molecule has 1 fully saturated rings. The first kappa shape index (κ1) is 14.5. The first-order valence-electron chi connectivity index (χ1n) is 8.07. The van der Waals surface area contributed by atoms with Crippen LogP contribution < -0.4 is 9.47 Å². The lowest BCUT2D eigenvalue weighted by Gasteiger charge is -2.33. The third kappa shape index (κ3) is 3.48. The molecule has 1 atom stereocenters. The van der Waals surface area contributed by atoms with Crippen molar-refractivity contribution in [3.05, 3.63) is 42.2 Å². The molecule has 1 saturated heterocycles. The Labute approximate surface area is 135 Å². The lowest BCUT2D eigenvalue weighted by molar-refractivity contribution is -0.0402. The van der Waals surface area contributed by atoms with Crippen LogP contribution in [0.25, 0.3) is 0 Å². The summed E-state index contributed by atoms with van der Waals surface area (Å²) < 4.78 is 19.0. The Bertz CT molecular complexity index is 645. The van der Waals surface area contributed by atoms with E-state index in [1.54, 1.807) is 6.20 Å². The van der Waals surface area contributed by atoms with Gasteiger partial charge in [-0.1, -0.05) is 6.07 Å². The van der Waals surface area contributed by atoms with E-state index < -0.39 is 0 Å². The second kappa shape index (κ2) is 6.60. The van der Waals surface area contributed by atoms with Crippen LogP contribution in [-0.4, -0.2) is 53.7 Å². The summed E-state index contributed by atoms with van der Waals surface area (Å²) in [7, 11) is 0. The quantitative estimate of drug-likeness (QED) is 0.857. The molecule has 6 heteroatoms. The highest BCUT2D eigenvalue weighted by molar-refractivity contribution is 5.43. The van der Waals surface area contributed by atoms with Gasteiger partial charge in [-0.25, -0.2) is 0 Å². The van der Waals surface area contributed by atoms with Crippen molar-refractivity contribution >= 4 is 0 Å². The van der Waals surface area contributed by atoms with Gasteiger partial charge < -0.3 is 14.2 Å². The molecular formula is C17H21N3O3. The monoisotopic (exact) mass is 315 g/mol. The van der Waals surface area contributed by atoms with E-state index in [0.717, 1.165) is 44.3 Å². The molecule has 23 heavy (non-hydrogen) atoms. The average molecular weight is 315 g/mol. The minimum absolute atomic E-state index is 0.181. The lowest BCUT2D eigenvalue weighted by Crippen LogP contribution is -2.43. The maximum Gasteiger partial charge on any atom is 0.161 e. The number of hydrogen-bond acceptors (Lipinski definition) is 5. The number of hydrogen-bond donors (Lipinski definition) is 0. The first-order valence-corrected chi connectivity index (χ1v) is 8.07. The van der Waals surface area contributed by atoms with Gasteiger partial charge in [-0.05, 0) is 23.8 Å². The van der Waals surface area contributed by atoms with Gasteiger partial charge in [-0.15, -0.1) is 0 Å². The molecule has 0 bridgehead atoms. The Balaban J connectivity index is 1.38. The Hall–Kier alpha value is -2.05. The summed E-state index contributed by atoms with van der Waals surface area (Å²) in [5.74, 6) is 1.70. The summed E-state index contributed by atoms with van der Waals surface area (Å²) in [6, 6.07) is 8.15. The van der Waals surface area contributed by atoms with Crippen molar-refractivity contribution in [1.82, 2.24) is 14.7 Å². The van der Waals surface area contributed by atoms with Gasteiger partial charge >= 0.3 is 0 Å². The number of benzene rings is 1. The lowest BCUT2D eigenvalue weighted by atomic mass is 10.1. The molecule has 1 unspecified atom stereocenters. The molecule has 0 radical (unpaired) electrons. The van der Waals surface area contributed by atoms with E-state index in [-0.39, 0.29) is 6.10 Å². The third-order valence-electron chi connectivity index (χ3n) is 4.19. The van der Waals surface area contributed by atoms with Gasteiger partial charge in [0.05, 0.1) is 19.3 Å². The fourth-order valence-electron chi connectivity index (χ4n) is 3.10. The van der Waals surface area contributed by atoms with Crippen molar-refractivity contribution in [3.8, 4) is 11.5 Å². The van der Waals surface area contributed by atoms with E-state index in [2.05, 4.69) is 22.1 Å². The van der Waals surface area contributed by atoms with Gasteiger partial charge in [0.2, 0.25) is 0 Å². The molecule has 0 spiro atoms. The summed E-state index contributed by atoms with van der Waals surface area (Å²) in [6.45, 7) is 5.57. The molecule has 2 aromatic rings.